The minimum absolute atomic E-state index is 0. The van der Waals surface area contributed by atoms with Gasteiger partial charge in [0.2, 0.25) is 0 Å². The molecular formula is C23H25ClN4O5. The number of rotatable bonds is 8. The van der Waals surface area contributed by atoms with Gasteiger partial charge in [-0.2, -0.15) is 0 Å². The van der Waals surface area contributed by atoms with Crippen molar-refractivity contribution in [3.8, 4) is 11.5 Å². The number of nitrogens with zero attached hydrogens (tertiary/aromatic N) is 3. The van der Waals surface area contributed by atoms with E-state index in [2.05, 4.69) is 20.0 Å². The van der Waals surface area contributed by atoms with Crippen molar-refractivity contribution >= 4 is 35.7 Å². The number of methoxy groups -OCH3 is 2. The number of ketones is 1. The van der Waals surface area contributed by atoms with Crippen molar-refractivity contribution in [1.29, 1.82) is 0 Å². The molecule has 0 radical (unpaired) electrons. The molecule has 0 atom stereocenters. The minimum atomic E-state index is -0.288. The van der Waals surface area contributed by atoms with Crippen molar-refractivity contribution in [3.05, 3.63) is 59.7 Å². The quantitative estimate of drug-likeness (QED) is 0.271. The molecule has 0 saturated heterocycles. The van der Waals surface area contributed by atoms with E-state index in [-0.39, 0.29) is 30.6 Å². The molecule has 2 aliphatic rings. The van der Waals surface area contributed by atoms with Crippen LogP contribution < -0.4 is 14.8 Å². The zero-order chi connectivity index (χ0) is 22.5. The highest BCUT2D eigenvalue weighted by Gasteiger charge is 2.33. The number of anilines is 1. The maximum atomic E-state index is 12.8. The lowest BCUT2D eigenvalue weighted by Gasteiger charge is -2.32. The van der Waals surface area contributed by atoms with E-state index in [4.69, 9.17) is 9.47 Å². The second-order valence-electron chi connectivity index (χ2n) is 7.17. The summed E-state index contributed by atoms with van der Waals surface area (Å²) in [5.74, 6) is 1.96. The standard InChI is InChI=1S/C23H24N4O5.ClH/c1-30-18-8-7-16-21(22(18)32-12-4-6-20(29)31-2)26-19(27-11-10-25-23(16)27)13-17(28)15-5-3-9-24-14-15;/h3,5,7-9,13-14,26H,4,6,10-12H2,1-2H3;1H. The van der Waals surface area contributed by atoms with Crippen LogP contribution in [0.2, 0.25) is 0 Å². The molecule has 1 aromatic carbocycles. The summed E-state index contributed by atoms with van der Waals surface area (Å²) >= 11 is 0. The van der Waals surface area contributed by atoms with Gasteiger partial charge in [0, 0.05) is 42.6 Å². The van der Waals surface area contributed by atoms with E-state index < -0.39 is 0 Å². The van der Waals surface area contributed by atoms with E-state index in [9.17, 15) is 9.59 Å². The van der Waals surface area contributed by atoms with Gasteiger partial charge < -0.3 is 24.4 Å². The van der Waals surface area contributed by atoms with Crippen molar-refractivity contribution in [2.75, 3.05) is 39.2 Å². The third kappa shape index (κ3) is 5.09. The Labute approximate surface area is 197 Å². The zero-order valence-electron chi connectivity index (χ0n) is 18.4. The second kappa shape index (κ2) is 10.8. The number of pyridine rings is 1. The number of ether oxygens (including phenoxy) is 3. The van der Waals surface area contributed by atoms with Crippen LogP contribution in [0.3, 0.4) is 0 Å². The Kier molecular flexibility index (Phi) is 7.89. The maximum absolute atomic E-state index is 12.8. The Morgan fingerprint density at radius 3 is 2.82 bits per heavy atom. The van der Waals surface area contributed by atoms with Crippen LogP contribution in [-0.4, -0.2) is 61.4 Å². The Hall–Kier alpha value is -3.59. The summed E-state index contributed by atoms with van der Waals surface area (Å²) in [5, 5.41) is 3.34. The fourth-order valence-electron chi connectivity index (χ4n) is 3.61. The molecule has 2 aromatic rings. The van der Waals surface area contributed by atoms with Crippen LogP contribution in [-0.2, 0) is 9.53 Å². The van der Waals surface area contributed by atoms with Crippen LogP contribution in [0.5, 0.6) is 11.5 Å². The van der Waals surface area contributed by atoms with E-state index in [0.29, 0.717) is 54.7 Å². The van der Waals surface area contributed by atoms with Crippen molar-refractivity contribution < 1.29 is 23.8 Å². The summed E-state index contributed by atoms with van der Waals surface area (Å²) in [6.45, 7) is 1.58. The number of carbonyl (C=O) groups excluding carboxylic acids is 2. The number of benzene rings is 1. The zero-order valence-corrected chi connectivity index (χ0v) is 19.2. The highest BCUT2D eigenvalue weighted by atomic mass is 35.5. The van der Waals surface area contributed by atoms with Gasteiger partial charge in [-0.05, 0) is 30.7 Å². The van der Waals surface area contributed by atoms with Gasteiger partial charge in [0.05, 0.1) is 33.1 Å². The van der Waals surface area contributed by atoms with Crippen LogP contribution in [0.4, 0.5) is 5.69 Å². The molecule has 1 N–H and O–H groups in total. The molecule has 0 unspecified atom stereocenters. The van der Waals surface area contributed by atoms with Crippen molar-refractivity contribution in [1.82, 2.24) is 9.88 Å². The molecule has 0 bridgehead atoms. The number of esters is 1. The van der Waals surface area contributed by atoms with Gasteiger partial charge in [0.1, 0.15) is 11.7 Å². The average molecular weight is 473 g/mol. The monoisotopic (exact) mass is 472 g/mol. The van der Waals surface area contributed by atoms with Crippen LogP contribution in [0.1, 0.15) is 28.8 Å². The molecule has 0 spiro atoms. The van der Waals surface area contributed by atoms with E-state index in [0.717, 1.165) is 11.4 Å². The number of carbonyl (C=O) groups is 2. The van der Waals surface area contributed by atoms with Crippen molar-refractivity contribution in [2.24, 2.45) is 4.99 Å². The summed E-state index contributed by atoms with van der Waals surface area (Å²) in [6, 6.07) is 7.19. The molecule has 2 aliphatic heterocycles. The molecule has 0 aliphatic carbocycles. The number of amidine groups is 1. The van der Waals surface area contributed by atoms with Crippen LogP contribution in [0.25, 0.3) is 0 Å². The van der Waals surface area contributed by atoms with Gasteiger partial charge in [-0.1, -0.05) is 0 Å². The molecule has 1 aromatic heterocycles. The highest BCUT2D eigenvalue weighted by molar-refractivity contribution is 6.11. The van der Waals surface area contributed by atoms with E-state index >= 15 is 0 Å². The molecule has 3 heterocycles. The first kappa shape index (κ1) is 24.1. The van der Waals surface area contributed by atoms with Crippen LogP contribution in [0, 0.1) is 0 Å². The third-order valence-electron chi connectivity index (χ3n) is 5.18. The van der Waals surface area contributed by atoms with Gasteiger partial charge in [0.25, 0.3) is 0 Å². The lowest BCUT2D eigenvalue weighted by molar-refractivity contribution is -0.140. The first-order chi connectivity index (χ1) is 15.6. The number of aliphatic imine (C=N–C) groups is 1. The van der Waals surface area contributed by atoms with Crippen LogP contribution in [0.15, 0.2) is 53.5 Å². The SMILES string of the molecule is COC(=O)CCCOc1c(OC)ccc2c1NC(=CC(=O)c1cccnc1)N1CCN=C21.Cl. The summed E-state index contributed by atoms with van der Waals surface area (Å²) in [4.78, 5) is 34.8. The number of hydrogen-bond acceptors (Lipinski definition) is 9. The third-order valence-corrected chi connectivity index (χ3v) is 5.18. The molecular weight excluding hydrogens is 448 g/mol. The van der Waals surface area contributed by atoms with E-state index in [1.54, 1.807) is 31.5 Å². The summed E-state index contributed by atoms with van der Waals surface area (Å²) in [6.07, 6.45) is 5.46. The summed E-state index contributed by atoms with van der Waals surface area (Å²) < 4.78 is 16.2. The Morgan fingerprint density at radius 2 is 2.09 bits per heavy atom. The lowest BCUT2D eigenvalue weighted by Crippen LogP contribution is -2.36. The Morgan fingerprint density at radius 1 is 1.24 bits per heavy atom. The molecule has 9 nitrogen and oxygen atoms in total. The number of hydrogen-bond donors (Lipinski definition) is 1. The first-order valence-electron chi connectivity index (χ1n) is 10.3. The summed E-state index contributed by atoms with van der Waals surface area (Å²) in [7, 11) is 2.92. The molecule has 0 amide bonds. The van der Waals surface area contributed by atoms with Gasteiger partial charge in [0.15, 0.2) is 17.3 Å². The normalized spacial score (nSPS) is 14.9. The summed E-state index contributed by atoms with van der Waals surface area (Å²) in [5.41, 5.74) is 2.03. The van der Waals surface area contributed by atoms with Crippen LogP contribution >= 0.6 is 12.4 Å². The molecule has 0 fully saturated rings. The molecule has 10 heteroatoms. The van der Waals surface area contributed by atoms with E-state index in [1.165, 1.54) is 13.3 Å². The average Bonchev–Trinajstić information content (AvgIpc) is 3.32. The van der Waals surface area contributed by atoms with Gasteiger partial charge in [-0.25, -0.2) is 0 Å². The fourth-order valence-corrected chi connectivity index (χ4v) is 3.61. The number of allylic oxidation sites excluding steroid dienone is 1. The molecule has 174 valence electrons. The maximum Gasteiger partial charge on any atom is 0.305 e. The first-order valence-corrected chi connectivity index (χ1v) is 10.3. The topological polar surface area (TPSA) is 102 Å². The van der Waals surface area contributed by atoms with Crippen molar-refractivity contribution in [2.45, 2.75) is 12.8 Å². The van der Waals surface area contributed by atoms with E-state index in [1.807, 2.05) is 17.0 Å². The Bertz CT molecular complexity index is 1090. The highest BCUT2D eigenvalue weighted by Crippen LogP contribution is 2.43. The Balaban J connectivity index is 0.00000306. The lowest BCUT2D eigenvalue weighted by atomic mass is 10.1. The van der Waals surface area contributed by atoms with Gasteiger partial charge >= 0.3 is 5.97 Å². The predicted octanol–water partition coefficient (Wildman–Crippen LogP) is 3.06. The number of fused-ring (bicyclic) bond motifs is 3. The molecule has 33 heavy (non-hydrogen) atoms. The number of aromatic nitrogens is 1. The second-order valence-corrected chi connectivity index (χ2v) is 7.17. The fraction of sp³-hybridized carbons (Fsp3) is 0.304. The number of nitrogens with one attached hydrogen (secondary N) is 1. The predicted molar refractivity (Wildman–Crippen MR) is 125 cm³/mol. The smallest absolute Gasteiger partial charge is 0.305 e. The molecule has 4 rings (SSSR count). The number of halogens is 1. The largest absolute Gasteiger partial charge is 0.493 e. The molecule has 0 saturated carbocycles. The van der Waals surface area contributed by atoms with Gasteiger partial charge in [-0.15, -0.1) is 12.4 Å². The van der Waals surface area contributed by atoms with Crippen molar-refractivity contribution in [3.63, 3.8) is 0 Å². The van der Waals surface area contributed by atoms with Gasteiger partial charge in [-0.3, -0.25) is 19.6 Å². The minimum Gasteiger partial charge on any atom is -0.493 e.